The van der Waals surface area contributed by atoms with Crippen molar-refractivity contribution in [1.82, 2.24) is 4.90 Å². The highest BCUT2D eigenvalue weighted by Crippen LogP contribution is 2.20. The molecule has 0 aromatic carbocycles. The number of hydrogen-bond donors (Lipinski definition) is 2. The Bertz CT molecular complexity index is 220. The van der Waals surface area contributed by atoms with Crippen LogP contribution < -0.4 is 0 Å². The summed E-state index contributed by atoms with van der Waals surface area (Å²) in [5, 5.41) is 16.9. The van der Waals surface area contributed by atoms with Crippen LogP contribution in [-0.2, 0) is 0 Å². The molecular formula is C14H28N2O. The van der Waals surface area contributed by atoms with Gasteiger partial charge in [0.2, 0.25) is 0 Å². The molecule has 0 aromatic heterocycles. The Morgan fingerprint density at radius 2 is 2.00 bits per heavy atom. The van der Waals surface area contributed by atoms with E-state index in [-0.39, 0.29) is 0 Å². The average Bonchev–Trinajstić information content (AvgIpc) is 2.29. The predicted octanol–water partition coefficient (Wildman–Crippen LogP) is 2.54. The standard InChI is InChI=1S/C14H28N2O/c1-12(2)3-4-14(15)11-16-8-5-13(6-9-16)7-10-17/h12-13,15,17H,3-11H2,1-2H3. The molecule has 0 amide bonds. The first-order valence-corrected chi connectivity index (χ1v) is 7.01. The summed E-state index contributed by atoms with van der Waals surface area (Å²) < 4.78 is 0. The molecule has 0 bridgehead atoms. The summed E-state index contributed by atoms with van der Waals surface area (Å²) in [4.78, 5) is 2.40. The molecule has 1 saturated heterocycles. The van der Waals surface area contributed by atoms with Gasteiger partial charge >= 0.3 is 0 Å². The molecule has 0 atom stereocenters. The van der Waals surface area contributed by atoms with Crippen molar-refractivity contribution < 1.29 is 5.11 Å². The Kier molecular flexibility index (Phi) is 6.75. The lowest BCUT2D eigenvalue weighted by Gasteiger charge is -2.31. The van der Waals surface area contributed by atoms with Crippen LogP contribution >= 0.6 is 0 Å². The SMILES string of the molecule is CC(C)CCC(=N)CN1CCC(CCO)CC1. The van der Waals surface area contributed by atoms with E-state index in [4.69, 9.17) is 10.5 Å². The molecule has 0 spiro atoms. The summed E-state index contributed by atoms with van der Waals surface area (Å²) in [5.41, 5.74) is 0.888. The van der Waals surface area contributed by atoms with Gasteiger partial charge in [-0.05, 0) is 57.0 Å². The normalized spacial score (nSPS) is 18.8. The number of piperidine rings is 1. The maximum absolute atomic E-state index is 8.90. The first-order chi connectivity index (χ1) is 8.11. The van der Waals surface area contributed by atoms with Crippen LogP contribution in [-0.4, -0.2) is 42.0 Å². The minimum Gasteiger partial charge on any atom is -0.396 e. The molecule has 3 nitrogen and oxygen atoms in total. The topological polar surface area (TPSA) is 47.3 Å². The van der Waals surface area contributed by atoms with E-state index in [9.17, 15) is 0 Å². The van der Waals surface area contributed by atoms with Gasteiger partial charge in [0.05, 0.1) is 0 Å². The van der Waals surface area contributed by atoms with Crippen LogP contribution in [0, 0.1) is 17.2 Å². The van der Waals surface area contributed by atoms with Gasteiger partial charge in [0.15, 0.2) is 0 Å². The van der Waals surface area contributed by atoms with Crippen LogP contribution in [0.5, 0.6) is 0 Å². The highest BCUT2D eigenvalue weighted by molar-refractivity contribution is 5.83. The second kappa shape index (κ2) is 7.83. The molecule has 0 aliphatic carbocycles. The van der Waals surface area contributed by atoms with Crippen molar-refractivity contribution in [3.63, 3.8) is 0 Å². The second-order valence-corrected chi connectivity index (χ2v) is 5.77. The number of nitrogens with zero attached hydrogens (tertiary/aromatic N) is 1. The summed E-state index contributed by atoms with van der Waals surface area (Å²) in [7, 11) is 0. The summed E-state index contributed by atoms with van der Waals surface area (Å²) in [5.74, 6) is 1.41. The molecule has 0 saturated carbocycles. The Morgan fingerprint density at radius 1 is 1.35 bits per heavy atom. The van der Waals surface area contributed by atoms with Gasteiger partial charge in [-0.15, -0.1) is 0 Å². The zero-order valence-corrected chi connectivity index (χ0v) is 11.4. The van der Waals surface area contributed by atoms with Crippen molar-refractivity contribution in [3.8, 4) is 0 Å². The monoisotopic (exact) mass is 240 g/mol. The van der Waals surface area contributed by atoms with Crippen LogP contribution in [0.1, 0.15) is 46.0 Å². The Balaban J connectivity index is 2.14. The number of hydrogen-bond acceptors (Lipinski definition) is 3. The lowest BCUT2D eigenvalue weighted by atomic mass is 9.93. The molecule has 100 valence electrons. The highest BCUT2D eigenvalue weighted by atomic mass is 16.3. The average molecular weight is 240 g/mol. The largest absolute Gasteiger partial charge is 0.396 e. The van der Waals surface area contributed by atoms with Crippen molar-refractivity contribution in [2.45, 2.75) is 46.0 Å². The molecule has 0 unspecified atom stereocenters. The summed E-state index contributed by atoms with van der Waals surface area (Å²) in [6.45, 7) is 7.83. The van der Waals surface area contributed by atoms with E-state index in [0.29, 0.717) is 18.4 Å². The minimum atomic E-state index is 0.328. The van der Waals surface area contributed by atoms with Crippen molar-refractivity contribution in [2.24, 2.45) is 11.8 Å². The molecule has 1 fully saturated rings. The van der Waals surface area contributed by atoms with E-state index in [1.807, 2.05) is 0 Å². The summed E-state index contributed by atoms with van der Waals surface area (Å²) in [6, 6.07) is 0. The third-order valence-corrected chi connectivity index (χ3v) is 3.68. The fraction of sp³-hybridized carbons (Fsp3) is 0.929. The number of aliphatic hydroxyl groups excluding tert-OH is 1. The van der Waals surface area contributed by atoms with Gasteiger partial charge in [0.25, 0.3) is 0 Å². The summed E-state index contributed by atoms with van der Waals surface area (Å²) >= 11 is 0. The number of aliphatic hydroxyl groups is 1. The third-order valence-electron chi connectivity index (χ3n) is 3.68. The van der Waals surface area contributed by atoms with E-state index in [1.165, 1.54) is 12.8 Å². The van der Waals surface area contributed by atoms with Crippen molar-refractivity contribution in [2.75, 3.05) is 26.2 Å². The first-order valence-electron chi connectivity index (χ1n) is 7.01. The van der Waals surface area contributed by atoms with Crippen LogP contribution in [0.4, 0.5) is 0 Å². The second-order valence-electron chi connectivity index (χ2n) is 5.77. The molecule has 1 aliphatic heterocycles. The lowest BCUT2D eigenvalue weighted by molar-refractivity contribution is 0.172. The quantitative estimate of drug-likeness (QED) is 0.672. The van der Waals surface area contributed by atoms with Crippen LogP contribution in [0.25, 0.3) is 0 Å². The number of rotatable bonds is 7. The molecule has 1 rings (SSSR count). The molecule has 1 heterocycles. The van der Waals surface area contributed by atoms with Gasteiger partial charge in [-0.3, -0.25) is 4.90 Å². The zero-order chi connectivity index (χ0) is 12.7. The Morgan fingerprint density at radius 3 is 2.53 bits per heavy atom. The molecule has 0 radical (unpaired) electrons. The van der Waals surface area contributed by atoms with Gasteiger partial charge < -0.3 is 10.5 Å². The van der Waals surface area contributed by atoms with Crippen LogP contribution in [0.2, 0.25) is 0 Å². The molecule has 17 heavy (non-hydrogen) atoms. The zero-order valence-electron chi connectivity index (χ0n) is 11.4. The molecule has 2 N–H and O–H groups in total. The minimum absolute atomic E-state index is 0.328. The van der Waals surface area contributed by atoms with E-state index in [1.54, 1.807) is 0 Å². The number of nitrogens with one attached hydrogen (secondary N) is 1. The Hall–Kier alpha value is -0.410. The predicted molar refractivity (Wildman–Crippen MR) is 72.7 cm³/mol. The van der Waals surface area contributed by atoms with Crippen molar-refractivity contribution >= 4 is 5.71 Å². The molecule has 3 heteroatoms. The van der Waals surface area contributed by atoms with E-state index in [0.717, 1.165) is 44.6 Å². The van der Waals surface area contributed by atoms with E-state index >= 15 is 0 Å². The van der Waals surface area contributed by atoms with Crippen molar-refractivity contribution in [3.05, 3.63) is 0 Å². The van der Waals surface area contributed by atoms with Gasteiger partial charge in [-0.2, -0.15) is 0 Å². The van der Waals surface area contributed by atoms with Crippen LogP contribution in [0.3, 0.4) is 0 Å². The lowest BCUT2D eigenvalue weighted by Crippen LogP contribution is -2.37. The smallest absolute Gasteiger partial charge is 0.0433 e. The van der Waals surface area contributed by atoms with E-state index < -0.39 is 0 Å². The van der Waals surface area contributed by atoms with Gasteiger partial charge in [0.1, 0.15) is 0 Å². The third kappa shape index (κ3) is 6.18. The molecular weight excluding hydrogens is 212 g/mol. The fourth-order valence-corrected chi connectivity index (χ4v) is 2.43. The fourth-order valence-electron chi connectivity index (χ4n) is 2.43. The van der Waals surface area contributed by atoms with Gasteiger partial charge in [0, 0.05) is 18.9 Å². The van der Waals surface area contributed by atoms with E-state index in [2.05, 4.69) is 18.7 Å². The molecule has 0 aromatic rings. The first kappa shape index (κ1) is 14.7. The maximum Gasteiger partial charge on any atom is 0.0433 e. The Labute approximate surface area is 106 Å². The number of likely N-dealkylation sites (tertiary alicyclic amines) is 1. The summed E-state index contributed by atoms with van der Waals surface area (Å²) in [6.07, 6.45) is 5.43. The van der Waals surface area contributed by atoms with Crippen molar-refractivity contribution in [1.29, 1.82) is 5.41 Å². The van der Waals surface area contributed by atoms with Gasteiger partial charge in [-0.1, -0.05) is 13.8 Å². The molecule has 1 aliphatic rings. The maximum atomic E-state index is 8.90. The van der Waals surface area contributed by atoms with Crippen LogP contribution in [0.15, 0.2) is 0 Å². The van der Waals surface area contributed by atoms with Gasteiger partial charge in [-0.25, -0.2) is 0 Å². The highest BCUT2D eigenvalue weighted by Gasteiger charge is 2.19.